The molecule has 0 atom stereocenters. The molecule has 1 aliphatic carbocycles. The predicted octanol–water partition coefficient (Wildman–Crippen LogP) is 2.80. The van der Waals surface area contributed by atoms with Crippen molar-refractivity contribution in [3.05, 3.63) is 17.8 Å². The van der Waals surface area contributed by atoms with Gasteiger partial charge in [-0.05, 0) is 31.7 Å². The Hall–Kier alpha value is -1.78. The van der Waals surface area contributed by atoms with Gasteiger partial charge >= 0.3 is 5.97 Å². The number of esters is 1. The molecule has 1 heterocycles. The summed E-state index contributed by atoms with van der Waals surface area (Å²) in [5.41, 5.74) is 6.53. The van der Waals surface area contributed by atoms with E-state index in [9.17, 15) is 4.79 Å². The summed E-state index contributed by atoms with van der Waals surface area (Å²) in [6.45, 7) is 2.69. The van der Waals surface area contributed by atoms with Crippen molar-refractivity contribution in [1.29, 1.82) is 0 Å². The zero-order chi connectivity index (χ0) is 14.4. The molecule has 1 aromatic heterocycles. The lowest BCUT2D eigenvalue weighted by Gasteiger charge is -2.21. The van der Waals surface area contributed by atoms with Gasteiger partial charge in [-0.3, -0.25) is 0 Å². The van der Waals surface area contributed by atoms with Crippen molar-refractivity contribution >= 4 is 11.7 Å². The van der Waals surface area contributed by atoms with Gasteiger partial charge < -0.3 is 15.2 Å². The predicted molar refractivity (Wildman–Crippen MR) is 76.7 cm³/mol. The molecule has 1 fully saturated rings. The number of nitrogens with zero attached hydrogens (tertiary/aromatic N) is 1. The molecule has 2 rings (SSSR count). The molecule has 0 aromatic carbocycles. The molecule has 1 aromatic rings. The van der Waals surface area contributed by atoms with Gasteiger partial charge in [0.05, 0.1) is 18.8 Å². The zero-order valence-corrected chi connectivity index (χ0v) is 11.9. The Kier molecular flexibility index (Phi) is 5.21. The lowest BCUT2D eigenvalue weighted by Crippen LogP contribution is -2.17. The summed E-state index contributed by atoms with van der Waals surface area (Å²) in [6.07, 6.45) is 7.75. The maximum absolute atomic E-state index is 11.7. The van der Waals surface area contributed by atoms with Gasteiger partial charge in [0.2, 0.25) is 5.88 Å². The smallest absolute Gasteiger partial charge is 0.340 e. The van der Waals surface area contributed by atoms with Crippen molar-refractivity contribution in [2.24, 2.45) is 5.92 Å². The summed E-state index contributed by atoms with van der Waals surface area (Å²) in [4.78, 5) is 15.8. The highest BCUT2D eigenvalue weighted by molar-refractivity contribution is 5.96. The number of carbonyl (C=O) groups excluding carboxylic acids is 1. The molecular weight excluding hydrogens is 256 g/mol. The van der Waals surface area contributed by atoms with E-state index in [0.29, 0.717) is 30.6 Å². The molecule has 0 spiro atoms. The van der Waals surface area contributed by atoms with Crippen LogP contribution in [0.4, 0.5) is 5.69 Å². The molecule has 1 saturated carbocycles. The first-order chi connectivity index (χ1) is 9.72. The fraction of sp³-hybridized carbons (Fsp3) is 0.600. The van der Waals surface area contributed by atoms with E-state index in [-0.39, 0.29) is 5.69 Å². The van der Waals surface area contributed by atoms with E-state index < -0.39 is 5.97 Å². The van der Waals surface area contributed by atoms with E-state index in [2.05, 4.69) is 4.98 Å². The first-order valence-corrected chi connectivity index (χ1v) is 7.26. The summed E-state index contributed by atoms with van der Waals surface area (Å²) in [5, 5.41) is 0. The number of hydrogen-bond donors (Lipinski definition) is 1. The molecule has 1 aliphatic rings. The number of rotatable bonds is 5. The molecule has 2 N–H and O–H groups in total. The van der Waals surface area contributed by atoms with E-state index in [4.69, 9.17) is 15.2 Å². The lowest BCUT2D eigenvalue weighted by atomic mass is 9.90. The minimum Gasteiger partial charge on any atom is -0.476 e. The second-order valence-corrected chi connectivity index (χ2v) is 5.11. The highest BCUT2D eigenvalue weighted by atomic mass is 16.5. The molecule has 0 saturated heterocycles. The van der Waals surface area contributed by atoms with E-state index in [1.165, 1.54) is 38.3 Å². The first kappa shape index (κ1) is 14.6. The van der Waals surface area contributed by atoms with Gasteiger partial charge in [-0.2, -0.15) is 0 Å². The van der Waals surface area contributed by atoms with Crippen molar-refractivity contribution < 1.29 is 14.3 Å². The number of hydrogen-bond acceptors (Lipinski definition) is 5. The lowest BCUT2D eigenvalue weighted by molar-refractivity contribution is 0.0527. The number of nitrogen functional groups attached to an aromatic ring is 1. The van der Waals surface area contributed by atoms with Crippen LogP contribution in [0, 0.1) is 5.92 Å². The van der Waals surface area contributed by atoms with Crippen molar-refractivity contribution in [3.8, 4) is 5.88 Å². The van der Waals surface area contributed by atoms with Crippen LogP contribution in [0.15, 0.2) is 12.3 Å². The van der Waals surface area contributed by atoms with Crippen LogP contribution in [0.3, 0.4) is 0 Å². The minimum atomic E-state index is -0.435. The highest BCUT2D eigenvalue weighted by Crippen LogP contribution is 2.27. The molecule has 0 amide bonds. The molecule has 0 unspecified atom stereocenters. The fourth-order valence-electron chi connectivity index (χ4n) is 2.51. The Morgan fingerprint density at radius 2 is 2.15 bits per heavy atom. The van der Waals surface area contributed by atoms with Crippen LogP contribution in [0.25, 0.3) is 0 Å². The first-order valence-electron chi connectivity index (χ1n) is 7.26. The van der Waals surface area contributed by atoms with E-state index in [0.717, 1.165) is 0 Å². The second-order valence-electron chi connectivity index (χ2n) is 5.11. The number of pyridine rings is 1. The summed E-state index contributed by atoms with van der Waals surface area (Å²) >= 11 is 0. The van der Waals surface area contributed by atoms with Crippen molar-refractivity contribution in [2.45, 2.75) is 39.0 Å². The topological polar surface area (TPSA) is 74.4 Å². The average Bonchev–Trinajstić information content (AvgIpc) is 2.47. The Labute approximate surface area is 119 Å². The standard InChI is InChI=1S/C15H22N2O3/c1-2-19-15(18)12-8-9-17-14(13(12)16)20-10-11-6-4-3-5-7-11/h8-9,11H,2-7,10,16H2,1H3. The minimum absolute atomic E-state index is 0.266. The fourth-order valence-corrected chi connectivity index (χ4v) is 2.51. The quantitative estimate of drug-likeness (QED) is 0.838. The Balaban J connectivity index is 2.00. The van der Waals surface area contributed by atoms with Crippen molar-refractivity contribution in [3.63, 3.8) is 0 Å². The van der Waals surface area contributed by atoms with Crippen molar-refractivity contribution in [2.75, 3.05) is 18.9 Å². The molecule has 5 heteroatoms. The maximum atomic E-state index is 11.7. The molecule has 20 heavy (non-hydrogen) atoms. The third-order valence-corrected chi connectivity index (χ3v) is 3.63. The number of ether oxygens (including phenoxy) is 2. The van der Waals surface area contributed by atoms with Crippen LogP contribution in [0.5, 0.6) is 5.88 Å². The Morgan fingerprint density at radius 3 is 2.85 bits per heavy atom. The van der Waals surface area contributed by atoms with Gasteiger partial charge in [0.1, 0.15) is 5.69 Å². The number of aromatic nitrogens is 1. The van der Waals surface area contributed by atoms with Gasteiger partial charge in [-0.25, -0.2) is 9.78 Å². The maximum Gasteiger partial charge on any atom is 0.340 e. The van der Waals surface area contributed by atoms with Crippen LogP contribution in [-0.2, 0) is 4.74 Å². The van der Waals surface area contributed by atoms with Gasteiger partial charge in [0.15, 0.2) is 0 Å². The molecule has 0 radical (unpaired) electrons. The molecular formula is C15H22N2O3. The van der Waals surface area contributed by atoms with Gasteiger partial charge in [0, 0.05) is 6.20 Å². The summed E-state index contributed by atoms with van der Waals surface area (Å²) in [5.74, 6) is 0.465. The summed E-state index contributed by atoms with van der Waals surface area (Å²) in [6, 6.07) is 1.56. The molecule has 0 aliphatic heterocycles. The largest absolute Gasteiger partial charge is 0.476 e. The second kappa shape index (κ2) is 7.12. The van der Waals surface area contributed by atoms with Crippen molar-refractivity contribution in [1.82, 2.24) is 4.98 Å². The van der Waals surface area contributed by atoms with E-state index in [1.807, 2.05) is 0 Å². The van der Waals surface area contributed by atoms with Crippen LogP contribution in [0.2, 0.25) is 0 Å². The van der Waals surface area contributed by atoms with Crippen LogP contribution in [-0.4, -0.2) is 24.2 Å². The van der Waals surface area contributed by atoms with Crippen LogP contribution < -0.4 is 10.5 Å². The summed E-state index contributed by atoms with van der Waals surface area (Å²) in [7, 11) is 0. The number of anilines is 1. The zero-order valence-electron chi connectivity index (χ0n) is 11.9. The van der Waals surface area contributed by atoms with E-state index in [1.54, 1.807) is 13.0 Å². The van der Waals surface area contributed by atoms with Gasteiger partial charge in [0.25, 0.3) is 0 Å². The third-order valence-electron chi connectivity index (χ3n) is 3.63. The van der Waals surface area contributed by atoms with Crippen LogP contribution in [0.1, 0.15) is 49.4 Å². The highest BCUT2D eigenvalue weighted by Gasteiger charge is 2.18. The monoisotopic (exact) mass is 278 g/mol. The Bertz CT molecular complexity index is 456. The number of nitrogens with two attached hydrogens (primary N) is 1. The number of carbonyl (C=O) groups is 1. The molecule has 110 valence electrons. The SMILES string of the molecule is CCOC(=O)c1ccnc(OCC2CCCCC2)c1N. The summed E-state index contributed by atoms with van der Waals surface area (Å²) < 4.78 is 10.7. The average molecular weight is 278 g/mol. The third kappa shape index (κ3) is 3.62. The normalized spacial score (nSPS) is 15.8. The molecule has 5 nitrogen and oxygen atoms in total. The van der Waals surface area contributed by atoms with Gasteiger partial charge in [-0.1, -0.05) is 19.3 Å². The Morgan fingerprint density at radius 1 is 1.40 bits per heavy atom. The van der Waals surface area contributed by atoms with E-state index >= 15 is 0 Å². The van der Waals surface area contributed by atoms with Gasteiger partial charge in [-0.15, -0.1) is 0 Å². The van der Waals surface area contributed by atoms with Crippen LogP contribution >= 0.6 is 0 Å². The molecule has 0 bridgehead atoms.